The first kappa shape index (κ1) is 78.8. The third-order valence-corrected chi connectivity index (χ3v) is 11.8. The van der Waals surface area contributed by atoms with Gasteiger partial charge < -0.3 is 59.2 Å². The number of carboxylic acid groups (broad SMARTS) is 2. The van der Waals surface area contributed by atoms with Gasteiger partial charge in [-0.2, -0.15) is 27.1 Å². The van der Waals surface area contributed by atoms with Crippen molar-refractivity contribution in [2.45, 2.75) is 20.8 Å². The van der Waals surface area contributed by atoms with Gasteiger partial charge in [0.1, 0.15) is 29.1 Å². The number of carboxylic acids is 2. The van der Waals surface area contributed by atoms with Crippen LogP contribution in [0.15, 0.2) is 214 Å². The molecule has 8 aromatic rings. The van der Waals surface area contributed by atoms with Crippen molar-refractivity contribution in [1.82, 2.24) is 0 Å². The molecule has 0 heterocycles. The van der Waals surface area contributed by atoms with Gasteiger partial charge in [-0.05, 0) is 60.4 Å². The summed E-state index contributed by atoms with van der Waals surface area (Å²) in [4.78, 5) is 34.5. The maximum Gasteiger partial charge on any atom is 3.00 e. The van der Waals surface area contributed by atoms with E-state index in [1.165, 1.54) is 82.1 Å². The minimum Gasteiger partial charge on any atom is -0.870 e. The van der Waals surface area contributed by atoms with E-state index in [1.54, 1.807) is 78.9 Å². The molecule has 0 spiro atoms. The van der Waals surface area contributed by atoms with Gasteiger partial charge in [-0.3, -0.25) is 20.0 Å². The zero-order chi connectivity index (χ0) is 61.5. The quantitative estimate of drug-likeness (QED) is 0.0671. The zero-order valence-corrected chi connectivity index (χ0v) is 57.3. The van der Waals surface area contributed by atoms with Gasteiger partial charge in [-0.15, -0.1) is 0 Å². The predicted molar refractivity (Wildman–Crippen MR) is 322 cm³/mol. The molecular formula is C66H65BErN5O12Zn2. The Hall–Kier alpha value is -8.17. The van der Waals surface area contributed by atoms with E-state index in [1.807, 2.05) is 0 Å². The molecule has 0 fully saturated rings. The third-order valence-electron chi connectivity index (χ3n) is 11.8. The molecule has 0 amide bonds. The Morgan fingerprint density at radius 2 is 0.575 bits per heavy atom. The van der Waals surface area contributed by atoms with E-state index in [0.29, 0.717) is 48.4 Å². The van der Waals surface area contributed by atoms with Crippen LogP contribution in [0.5, 0.6) is 46.0 Å². The van der Waals surface area contributed by atoms with Gasteiger partial charge in [0, 0.05) is 43.7 Å². The molecule has 445 valence electrons. The average Bonchev–Trinajstić information content (AvgIpc) is 0.904. The smallest absolute Gasteiger partial charge is 0.870 e. The molecule has 8 aromatic carbocycles. The minimum atomic E-state index is -1.22. The molecule has 21 heteroatoms. The summed E-state index contributed by atoms with van der Waals surface area (Å²) in [6.45, 7) is 5.01. The van der Waals surface area contributed by atoms with Crippen LogP contribution in [0.4, 0.5) is 0 Å². The van der Waals surface area contributed by atoms with Crippen molar-refractivity contribution in [3.63, 3.8) is 0 Å². The van der Waals surface area contributed by atoms with Crippen molar-refractivity contribution in [2.24, 2.45) is 20.0 Å². The molecule has 0 saturated carbocycles. The Balaban J connectivity index is 0.00000115. The molecule has 0 saturated heterocycles. The Kier molecular flexibility index (Phi) is 40.9. The van der Waals surface area contributed by atoms with Crippen molar-refractivity contribution in [3.05, 3.63) is 216 Å². The number of ether oxygens (including phenoxy) is 4. The van der Waals surface area contributed by atoms with Gasteiger partial charge in [-0.25, -0.2) is 0 Å². The number of benzene rings is 8. The average molecular weight is 1430 g/mol. The van der Waals surface area contributed by atoms with E-state index in [2.05, 4.69) is 141 Å². The van der Waals surface area contributed by atoms with Crippen molar-refractivity contribution in [2.75, 3.05) is 54.6 Å². The maximum absolute atomic E-state index is 11.9. The van der Waals surface area contributed by atoms with Crippen LogP contribution in [0.3, 0.4) is 0 Å². The largest absolute Gasteiger partial charge is 3.00 e. The van der Waals surface area contributed by atoms with Crippen LogP contribution in [0.2, 0.25) is 0 Å². The summed E-state index contributed by atoms with van der Waals surface area (Å²) in [5.74, 6) is -1.79. The Morgan fingerprint density at radius 1 is 0.402 bits per heavy atom. The van der Waals surface area contributed by atoms with Gasteiger partial charge >= 0.3 is 76.3 Å². The fourth-order valence-corrected chi connectivity index (χ4v) is 8.18. The molecule has 0 aromatic heterocycles. The number of nitrogens with zero attached hydrogens (tertiary/aromatic N) is 5. The summed E-state index contributed by atoms with van der Waals surface area (Å²) in [6.07, 6.45) is 4.80. The van der Waals surface area contributed by atoms with Gasteiger partial charge in [0.15, 0.2) is 0 Å². The zero-order valence-electron chi connectivity index (χ0n) is 49.5. The first-order chi connectivity index (χ1) is 40.6. The molecule has 17 nitrogen and oxygen atoms in total. The van der Waals surface area contributed by atoms with Crippen LogP contribution in [0.1, 0.15) is 43.0 Å². The van der Waals surface area contributed by atoms with E-state index >= 15 is 0 Å². The van der Waals surface area contributed by atoms with E-state index < -0.39 is 18.1 Å². The Morgan fingerprint density at radius 3 is 0.736 bits per heavy atom. The van der Waals surface area contributed by atoms with Crippen molar-refractivity contribution in [3.8, 4) is 52.1 Å². The molecule has 0 atom stereocenters. The van der Waals surface area contributed by atoms with Gasteiger partial charge in [-0.1, -0.05) is 193 Å². The second-order valence-corrected chi connectivity index (χ2v) is 17.4. The van der Waals surface area contributed by atoms with Crippen molar-refractivity contribution >= 4 is 64.8 Å². The van der Waals surface area contributed by atoms with Crippen LogP contribution in [0.25, 0.3) is 0 Å². The molecule has 87 heavy (non-hydrogen) atoms. The fourth-order valence-electron chi connectivity index (χ4n) is 8.18. The fraction of sp³-hybridized carbons (Fsp3) is 0.167. The number of nitriles is 1. The number of carbonyl (C=O) groups is 2. The van der Waals surface area contributed by atoms with E-state index in [9.17, 15) is 20.4 Å². The molecule has 0 unspecified atom stereocenters. The van der Waals surface area contributed by atoms with Crippen LogP contribution < -0.4 is 71.4 Å². The van der Waals surface area contributed by atoms with Gasteiger partial charge in [0.05, 0.1) is 60.7 Å². The molecule has 8 rings (SSSR count). The van der Waals surface area contributed by atoms with Crippen LogP contribution in [-0.2, 0) is 48.5 Å². The second kappa shape index (κ2) is 45.2. The number of para-hydroxylation sites is 4. The SMILES string of the molecule is CC#N.CC(=O)[O-].CC(=O)[O-].COc1cccc(C=NCCN=Cc2cccc(OC)c2[O-])c1[O-].COc1cccc(C=NCCN=Cc2cccc(OC)c2[O-])c1[O-].[Er+3].[Zn+2].[Zn+2].c1ccc([B-](c2ccccc2)(c2ccccc2)c2ccccc2)cc1. The second-order valence-electron chi connectivity index (χ2n) is 17.4. The molecule has 0 aliphatic heterocycles. The molecule has 0 aliphatic rings. The maximum atomic E-state index is 11.9. The number of aliphatic carboxylic acids is 2. The first-order valence-corrected chi connectivity index (χ1v) is 26.0. The predicted octanol–water partition coefficient (Wildman–Crippen LogP) is 3.88. The van der Waals surface area contributed by atoms with Gasteiger partial charge in [0.2, 0.25) is 0 Å². The summed E-state index contributed by atoms with van der Waals surface area (Å²) in [5.41, 5.74) is 7.22. The molecule has 0 aliphatic carbocycles. The topological polar surface area (TPSA) is 283 Å². The Labute approximate surface area is 564 Å². The number of aliphatic imine (C=N–C) groups is 4. The third kappa shape index (κ3) is 26.5. The summed E-state index contributed by atoms with van der Waals surface area (Å²) in [5, 5.41) is 72.7. The van der Waals surface area contributed by atoms with E-state index in [4.69, 9.17) is 44.0 Å². The summed E-state index contributed by atoms with van der Waals surface area (Å²) >= 11 is 0. The standard InChI is InChI=1S/C24H20B.2C18H20N2O4.C2H3N.2C2H4O2.Er.2Zn/c1-5-13-21(14-6-1)25(22-15-7-2-8-16-22,23-17-9-3-10-18-23)24-19-11-4-12-20-24;2*1-23-15-7-3-5-13(17(15)21)11-19-9-10-20-12-14-6-4-8-16(24-2)18(14)22;1-2-3;2*1-2(3)4;;;/h1-20H;2*3-8,11-12,21-22H,9-10H2,1-2H3;1H3;2*1H3,(H,3,4);;;/q-1;;;;;;+3;2*+2/p-6. The monoisotopic (exact) mass is 1420 g/mol. The van der Waals surface area contributed by atoms with Crippen LogP contribution in [-0.4, -0.2) is 97.6 Å². The number of carbonyl (C=O) groups excluding carboxylic acids is 2. The summed E-state index contributed by atoms with van der Waals surface area (Å²) in [6, 6.07) is 65.4. The number of methoxy groups -OCH3 is 4. The molecule has 0 N–H and O–H groups in total. The van der Waals surface area contributed by atoms with Crippen LogP contribution in [0, 0.1) is 48.6 Å². The van der Waals surface area contributed by atoms with E-state index in [-0.39, 0.29) is 122 Å². The van der Waals surface area contributed by atoms with Crippen molar-refractivity contribution < 1.29 is 135 Å². The van der Waals surface area contributed by atoms with Crippen LogP contribution >= 0.6 is 0 Å². The first-order valence-electron chi connectivity index (χ1n) is 26.0. The number of hydrogen-bond donors (Lipinski definition) is 0. The number of rotatable bonds is 18. The molecule has 1 radical (unpaired) electrons. The van der Waals surface area contributed by atoms with Crippen molar-refractivity contribution in [1.29, 1.82) is 5.26 Å². The minimum absolute atomic E-state index is 0. The molecule has 0 bridgehead atoms. The number of hydrogen-bond acceptors (Lipinski definition) is 17. The Bertz CT molecular complexity index is 2980. The van der Waals surface area contributed by atoms with E-state index in [0.717, 1.165) is 13.8 Å². The van der Waals surface area contributed by atoms with Gasteiger partial charge in [0.25, 0.3) is 0 Å². The summed E-state index contributed by atoms with van der Waals surface area (Å²) in [7, 11) is 5.81. The summed E-state index contributed by atoms with van der Waals surface area (Å²) < 4.78 is 19.9. The molecular weight excluding hydrogens is 1360 g/mol. The normalized spacial score (nSPS) is 10.1.